The number of hydrogen-bond acceptors (Lipinski definition) is 6. The van der Waals surface area contributed by atoms with Gasteiger partial charge in [-0.15, -0.1) is 0 Å². The average Bonchev–Trinajstić information content (AvgIpc) is 2.56. The predicted octanol–water partition coefficient (Wildman–Crippen LogP) is 3.30. The molecule has 0 spiro atoms. The molecule has 1 aliphatic carbocycles. The lowest BCUT2D eigenvalue weighted by atomic mass is 9.78. The number of esters is 2. The van der Waals surface area contributed by atoms with Crippen LogP contribution in [0.15, 0.2) is 23.8 Å². The fourth-order valence-corrected chi connectivity index (χ4v) is 3.29. The second-order valence-electron chi connectivity index (χ2n) is 7.40. The Labute approximate surface area is 155 Å². The highest BCUT2D eigenvalue weighted by Gasteiger charge is 2.40. The molecule has 6 heteroatoms. The monoisotopic (exact) mass is 366 g/mol. The first-order valence-electron chi connectivity index (χ1n) is 9.19. The van der Waals surface area contributed by atoms with E-state index < -0.39 is 30.4 Å². The van der Waals surface area contributed by atoms with E-state index in [0.29, 0.717) is 5.92 Å². The molecular formula is C20H30O6. The molecule has 0 amide bonds. The molecule has 2 aliphatic rings. The summed E-state index contributed by atoms with van der Waals surface area (Å²) < 4.78 is 22.7. The number of carbonyl (C=O) groups excluding carboxylic acids is 2. The molecule has 0 bridgehead atoms. The van der Waals surface area contributed by atoms with E-state index in [4.69, 9.17) is 18.9 Å². The zero-order chi connectivity index (χ0) is 19.3. The maximum Gasteiger partial charge on any atom is 0.303 e. The number of ether oxygens (including phenoxy) is 4. The Morgan fingerprint density at radius 2 is 2.00 bits per heavy atom. The molecule has 0 saturated carbocycles. The summed E-state index contributed by atoms with van der Waals surface area (Å²) in [7, 11) is 0. The summed E-state index contributed by atoms with van der Waals surface area (Å²) in [6.07, 6.45) is 6.76. The van der Waals surface area contributed by atoms with Crippen LogP contribution in [0.2, 0.25) is 0 Å². The van der Waals surface area contributed by atoms with Gasteiger partial charge in [-0.3, -0.25) is 9.59 Å². The van der Waals surface area contributed by atoms with Crippen LogP contribution < -0.4 is 0 Å². The molecule has 0 fully saturated rings. The summed E-state index contributed by atoms with van der Waals surface area (Å²) in [6, 6.07) is 0. The second-order valence-corrected chi connectivity index (χ2v) is 7.40. The Morgan fingerprint density at radius 1 is 1.27 bits per heavy atom. The Bertz CT molecular complexity index is 579. The van der Waals surface area contributed by atoms with Crippen LogP contribution in [-0.4, -0.2) is 42.6 Å². The Balaban J connectivity index is 2.11. The van der Waals surface area contributed by atoms with E-state index >= 15 is 0 Å². The summed E-state index contributed by atoms with van der Waals surface area (Å²) in [5, 5.41) is 0. The van der Waals surface area contributed by atoms with Crippen molar-refractivity contribution in [3.63, 3.8) is 0 Å². The lowest BCUT2D eigenvalue weighted by molar-refractivity contribution is -0.244. The van der Waals surface area contributed by atoms with Crippen LogP contribution in [0.1, 0.15) is 53.9 Å². The van der Waals surface area contributed by atoms with Crippen molar-refractivity contribution >= 4 is 11.9 Å². The summed E-state index contributed by atoms with van der Waals surface area (Å²) in [4.78, 5) is 22.5. The molecule has 26 heavy (non-hydrogen) atoms. The van der Waals surface area contributed by atoms with Gasteiger partial charge in [0.1, 0.15) is 18.8 Å². The quantitative estimate of drug-likeness (QED) is 0.531. The number of allylic oxidation sites excluding steroid dienone is 1. The minimum absolute atomic E-state index is 0.00513. The van der Waals surface area contributed by atoms with Gasteiger partial charge >= 0.3 is 11.9 Å². The van der Waals surface area contributed by atoms with Gasteiger partial charge in [0, 0.05) is 13.8 Å². The molecule has 1 heterocycles. The predicted molar refractivity (Wildman–Crippen MR) is 96.3 cm³/mol. The van der Waals surface area contributed by atoms with Crippen LogP contribution in [-0.2, 0) is 28.5 Å². The summed E-state index contributed by atoms with van der Waals surface area (Å²) >= 11 is 0. The largest absolute Gasteiger partial charge is 0.463 e. The Morgan fingerprint density at radius 3 is 2.54 bits per heavy atom. The maximum absolute atomic E-state index is 11.3. The van der Waals surface area contributed by atoms with Crippen molar-refractivity contribution in [3.05, 3.63) is 23.8 Å². The molecule has 0 aromatic heterocycles. The number of carbonyl (C=O) groups is 2. The summed E-state index contributed by atoms with van der Waals surface area (Å²) in [5.41, 5.74) is 1.09. The lowest BCUT2D eigenvalue weighted by Gasteiger charge is -2.43. The zero-order valence-electron chi connectivity index (χ0n) is 16.3. The van der Waals surface area contributed by atoms with Crippen molar-refractivity contribution < 1.29 is 28.5 Å². The van der Waals surface area contributed by atoms with Crippen LogP contribution in [0.4, 0.5) is 0 Å². The van der Waals surface area contributed by atoms with E-state index in [1.165, 1.54) is 19.4 Å². The van der Waals surface area contributed by atoms with Gasteiger partial charge in [-0.2, -0.15) is 0 Å². The third-order valence-corrected chi connectivity index (χ3v) is 5.03. The van der Waals surface area contributed by atoms with Crippen LogP contribution in [0, 0.1) is 5.92 Å². The molecule has 6 nitrogen and oxygen atoms in total. The second kappa shape index (κ2) is 8.82. The molecule has 1 unspecified atom stereocenters. The van der Waals surface area contributed by atoms with Crippen molar-refractivity contribution in [2.24, 2.45) is 5.92 Å². The van der Waals surface area contributed by atoms with E-state index in [1.807, 2.05) is 0 Å². The van der Waals surface area contributed by atoms with Crippen molar-refractivity contribution in [1.82, 2.24) is 0 Å². The maximum atomic E-state index is 11.3. The molecule has 0 N–H and O–H groups in total. The third-order valence-electron chi connectivity index (χ3n) is 5.03. The van der Waals surface area contributed by atoms with Crippen molar-refractivity contribution in [3.8, 4) is 0 Å². The molecular weight excluding hydrogens is 336 g/mol. The first-order chi connectivity index (χ1) is 12.2. The normalized spacial score (nSPS) is 31.5. The van der Waals surface area contributed by atoms with Gasteiger partial charge in [-0.25, -0.2) is 0 Å². The minimum Gasteiger partial charge on any atom is -0.463 e. The van der Waals surface area contributed by atoms with Crippen LogP contribution in [0.5, 0.6) is 0 Å². The van der Waals surface area contributed by atoms with Crippen LogP contribution in [0.3, 0.4) is 0 Å². The SMILES string of the molecule is CC(=O)OC[C@H]1OC(O[C@]2(C(C)C)CC=C(C)CC2)C=C[C@@H]1OC(C)=O. The van der Waals surface area contributed by atoms with Crippen LogP contribution >= 0.6 is 0 Å². The van der Waals surface area contributed by atoms with E-state index in [9.17, 15) is 9.59 Å². The molecule has 4 atom stereocenters. The lowest BCUT2D eigenvalue weighted by Crippen LogP contribution is -2.48. The van der Waals surface area contributed by atoms with E-state index in [0.717, 1.165) is 19.3 Å². The van der Waals surface area contributed by atoms with Crippen molar-refractivity contribution in [2.75, 3.05) is 6.61 Å². The number of rotatable bonds is 6. The minimum atomic E-state index is -0.602. The summed E-state index contributed by atoms with van der Waals surface area (Å²) in [5.74, 6) is -0.502. The molecule has 2 rings (SSSR count). The highest BCUT2D eigenvalue weighted by molar-refractivity contribution is 5.66. The van der Waals surface area contributed by atoms with Gasteiger partial charge < -0.3 is 18.9 Å². The third kappa shape index (κ3) is 5.42. The van der Waals surface area contributed by atoms with Gasteiger partial charge in [-0.1, -0.05) is 25.5 Å². The molecule has 0 aromatic rings. The van der Waals surface area contributed by atoms with E-state index in [2.05, 4.69) is 26.8 Å². The summed E-state index contributed by atoms with van der Waals surface area (Å²) in [6.45, 7) is 9.12. The van der Waals surface area contributed by atoms with Gasteiger partial charge in [0.15, 0.2) is 6.29 Å². The van der Waals surface area contributed by atoms with Gasteiger partial charge in [-0.05, 0) is 44.3 Å². The molecule has 1 aliphatic heterocycles. The molecule has 0 saturated heterocycles. The smallest absolute Gasteiger partial charge is 0.303 e. The first-order valence-corrected chi connectivity index (χ1v) is 9.19. The molecule has 0 aromatic carbocycles. The molecule has 146 valence electrons. The first kappa shape index (κ1) is 20.6. The highest BCUT2D eigenvalue weighted by Crippen LogP contribution is 2.39. The highest BCUT2D eigenvalue weighted by atomic mass is 16.7. The van der Waals surface area contributed by atoms with E-state index in [1.54, 1.807) is 12.2 Å². The molecule has 0 radical (unpaired) electrons. The Hall–Kier alpha value is -1.66. The fraction of sp³-hybridized carbons (Fsp3) is 0.700. The van der Waals surface area contributed by atoms with Crippen molar-refractivity contribution in [1.29, 1.82) is 0 Å². The van der Waals surface area contributed by atoms with Gasteiger partial charge in [0.05, 0.1) is 5.60 Å². The number of hydrogen-bond donors (Lipinski definition) is 0. The van der Waals surface area contributed by atoms with Crippen LogP contribution in [0.25, 0.3) is 0 Å². The van der Waals surface area contributed by atoms with E-state index in [-0.39, 0.29) is 12.2 Å². The Kier molecular flexibility index (Phi) is 7.01. The van der Waals surface area contributed by atoms with Crippen molar-refractivity contribution in [2.45, 2.75) is 78.0 Å². The topological polar surface area (TPSA) is 71.1 Å². The van der Waals surface area contributed by atoms with Gasteiger partial charge in [0.2, 0.25) is 0 Å². The standard InChI is InChI=1S/C20H30O6/c1-13(2)20(10-8-14(3)9-11-20)26-19-7-6-17(24-16(5)22)18(25-19)12-23-15(4)21/h6-8,13,17-19H,9-12H2,1-5H3/t17-,18+,19?,20+/m0/s1. The van der Waals surface area contributed by atoms with Gasteiger partial charge in [0.25, 0.3) is 0 Å². The fourth-order valence-electron chi connectivity index (χ4n) is 3.29. The zero-order valence-corrected chi connectivity index (χ0v) is 16.3. The average molecular weight is 366 g/mol.